The Morgan fingerprint density at radius 2 is 1.91 bits per heavy atom. The van der Waals surface area contributed by atoms with Crippen molar-refractivity contribution in [3.8, 4) is 0 Å². The predicted octanol–water partition coefficient (Wildman–Crippen LogP) is 2.65. The summed E-state index contributed by atoms with van der Waals surface area (Å²) >= 11 is 0. The van der Waals surface area contributed by atoms with Crippen molar-refractivity contribution in [2.75, 3.05) is 6.54 Å². The lowest BCUT2D eigenvalue weighted by atomic mass is 10.1. The molecule has 22 heavy (non-hydrogen) atoms. The number of carboxylic acid groups (broad SMARTS) is 1. The number of hydrogen-bond donors (Lipinski definition) is 2. The molecule has 0 bridgehead atoms. The van der Waals surface area contributed by atoms with Gasteiger partial charge >= 0.3 is 12.1 Å². The van der Waals surface area contributed by atoms with Gasteiger partial charge in [0.15, 0.2) is 0 Å². The highest BCUT2D eigenvalue weighted by Crippen LogP contribution is 2.47. The minimum absolute atomic E-state index is 0.0460. The maximum Gasteiger partial charge on any atom is 0.416 e. The molecule has 2 rings (SSSR count). The molecule has 1 aliphatic carbocycles. The van der Waals surface area contributed by atoms with Crippen LogP contribution in [0.25, 0.3) is 0 Å². The molecule has 0 unspecified atom stereocenters. The predicted molar refractivity (Wildman–Crippen MR) is 72.1 cm³/mol. The van der Waals surface area contributed by atoms with Crippen molar-refractivity contribution in [3.63, 3.8) is 0 Å². The van der Waals surface area contributed by atoms with E-state index < -0.39 is 23.6 Å². The number of carboxylic acids is 1. The molecule has 0 spiro atoms. The maximum absolute atomic E-state index is 12.5. The number of aliphatic carboxylic acids is 1. The van der Waals surface area contributed by atoms with E-state index in [2.05, 4.69) is 5.32 Å². The Bertz CT molecular complexity index is 568. The van der Waals surface area contributed by atoms with Crippen molar-refractivity contribution < 1.29 is 27.9 Å². The second kappa shape index (κ2) is 5.98. The Labute approximate surface area is 125 Å². The molecular formula is C15H16F3NO3. The summed E-state index contributed by atoms with van der Waals surface area (Å²) in [7, 11) is 0. The molecule has 0 aliphatic heterocycles. The molecule has 4 nitrogen and oxygen atoms in total. The lowest BCUT2D eigenvalue weighted by molar-refractivity contribution is -0.141. The molecule has 1 aliphatic rings. The number of halogens is 3. The monoisotopic (exact) mass is 315 g/mol. The second-order valence-corrected chi connectivity index (χ2v) is 5.55. The highest BCUT2D eigenvalue weighted by molar-refractivity contribution is 5.83. The molecule has 2 N–H and O–H groups in total. The SMILES string of the molecule is C[C@H](CNC(=O)[C@H]1C[C@@H]1c1ccc(C(F)(F)F)cc1)C(=O)O. The second-order valence-electron chi connectivity index (χ2n) is 5.55. The fourth-order valence-electron chi connectivity index (χ4n) is 2.24. The fraction of sp³-hybridized carbons (Fsp3) is 0.467. The van der Waals surface area contributed by atoms with E-state index in [1.807, 2.05) is 0 Å². The standard InChI is InChI=1S/C15H16F3NO3/c1-8(14(21)22)7-19-13(20)12-6-11(12)9-2-4-10(5-3-9)15(16,17)18/h2-5,8,11-12H,6-7H2,1H3,(H,19,20)(H,21,22)/t8-,11-,12+/m1/s1. The molecular weight excluding hydrogens is 299 g/mol. The minimum Gasteiger partial charge on any atom is -0.481 e. The van der Waals surface area contributed by atoms with Gasteiger partial charge in [-0.2, -0.15) is 13.2 Å². The Morgan fingerprint density at radius 3 is 2.41 bits per heavy atom. The lowest BCUT2D eigenvalue weighted by Gasteiger charge is -2.09. The normalized spacial score (nSPS) is 22.0. The number of rotatable bonds is 5. The van der Waals surface area contributed by atoms with Gasteiger partial charge in [0.1, 0.15) is 0 Å². The van der Waals surface area contributed by atoms with Gasteiger partial charge < -0.3 is 10.4 Å². The fourth-order valence-corrected chi connectivity index (χ4v) is 2.24. The first kappa shape index (κ1) is 16.3. The Kier molecular flexibility index (Phi) is 4.44. The van der Waals surface area contributed by atoms with E-state index in [-0.39, 0.29) is 24.3 Å². The maximum atomic E-state index is 12.5. The van der Waals surface area contributed by atoms with Gasteiger partial charge in [-0.1, -0.05) is 19.1 Å². The molecule has 1 aromatic carbocycles. The Morgan fingerprint density at radius 1 is 1.32 bits per heavy atom. The number of carbonyl (C=O) groups excluding carboxylic acids is 1. The number of nitrogens with one attached hydrogen (secondary N) is 1. The third-order valence-electron chi connectivity index (χ3n) is 3.80. The third kappa shape index (κ3) is 3.78. The molecule has 7 heteroatoms. The highest BCUT2D eigenvalue weighted by atomic mass is 19.4. The molecule has 0 heterocycles. The number of alkyl halides is 3. The molecule has 1 amide bonds. The van der Waals surface area contributed by atoms with Gasteiger partial charge in [0, 0.05) is 12.5 Å². The molecule has 1 saturated carbocycles. The van der Waals surface area contributed by atoms with Crippen LogP contribution < -0.4 is 5.32 Å². The number of hydrogen-bond acceptors (Lipinski definition) is 2. The van der Waals surface area contributed by atoms with E-state index in [1.54, 1.807) is 0 Å². The van der Waals surface area contributed by atoms with Crippen LogP contribution in [0.15, 0.2) is 24.3 Å². The minimum atomic E-state index is -4.37. The van der Waals surface area contributed by atoms with Gasteiger partial charge in [0.05, 0.1) is 11.5 Å². The summed E-state index contributed by atoms with van der Waals surface area (Å²) < 4.78 is 37.4. The topological polar surface area (TPSA) is 66.4 Å². The number of carbonyl (C=O) groups is 2. The summed E-state index contributed by atoms with van der Waals surface area (Å²) in [5, 5.41) is 11.3. The number of amides is 1. The van der Waals surface area contributed by atoms with E-state index >= 15 is 0 Å². The van der Waals surface area contributed by atoms with E-state index in [0.29, 0.717) is 12.0 Å². The molecule has 0 radical (unpaired) electrons. The molecule has 3 atom stereocenters. The third-order valence-corrected chi connectivity index (χ3v) is 3.80. The van der Waals surface area contributed by atoms with Gasteiger partial charge in [-0.15, -0.1) is 0 Å². The summed E-state index contributed by atoms with van der Waals surface area (Å²) in [4.78, 5) is 22.5. The smallest absolute Gasteiger partial charge is 0.416 e. The van der Waals surface area contributed by atoms with Crippen molar-refractivity contribution in [3.05, 3.63) is 35.4 Å². The first-order valence-electron chi connectivity index (χ1n) is 6.88. The summed E-state index contributed by atoms with van der Waals surface area (Å²) in [5.41, 5.74) is -0.0207. The van der Waals surface area contributed by atoms with E-state index in [1.165, 1.54) is 19.1 Å². The van der Waals surface area contributed by atoms with Crippen molar-refractivity contribution in [2.24, 2.45) is 11.8 Å². The molecule has 0 aromatic heterocycles. The van der Waals surface area contributed by atoms with Gasteiger partial charge in [-0.05, 0) is 30.0 Å². The van der Waals surface area contributed by atoms with Crippen LogP contribution in [0.2, 0.25) is 0 Å². The van der Waals surface area contributed by atoms with E-state index in [0.717, 1.165) is 12.1 Å². The Balaban J connectivity index is 1.89. The zero-order valence-electron chi connectivity index (χ0n) is 11.9. The first-order chi connectivity index (χ1) is 10.2. The molecule has 1 fully saturated rings. The summed E-state index contributed by atoms with van der Waals surface area (Å²) in [6.07, 6.45) is -3.80. The summed E-state index contributed by atoms with van der Waals surface area (Å²) in [6, 6.07) is 4.80. The van der Waals surface area contributed by atoms with Crippen molar-refractivity contribution in [1.82, 2.24) is 5.32 Å². The van der Waals surface area contributed by atoms with Crippen molar-refractivity contribution in [1.29, 1.82) is 0 Å². The van der Waals surface area contributed by atoms with E-state index in [4.69, 9.17) is 5.11 Å². The van der Waals surface area contributed by atoms with Crippen LogP contribution in [0.5, 0.6) is 0 Å². The van der Waals surface area contributed by atoms with Crippen LogP contribution in [0, 0.1) is 11.8 Å². The van der Waals surface area contributed by atoms with Crippen LogP contribution in [-0.2, 0) is 15.8 Å². The van der Waals surface area contributed by atoms with E-state index in [9.17, 15) is 22.8 Å². The van der Waals surface area contributed by atoms with Crippen LogP contribution in [-0.4, -0.2) is 23.5 Å². The number of benzene rings is 1. The summed E-state index contributed by atoms with van der Waals surface area (Å²) in [5.74, 6) is -2.30. The first-order valence-corrected chi connectivity index (χ1v) is 6.88. The zero-order chi connectivity index (χ0) is 16.5. The van der Waals surface area contributed by atoms with Crippen LogP contribution in [0.3, 0.4) is 0 Å². The highest BCUT2D eigenvalue weighted by Gasteiger charge is 2.44. The average Bonchev–Trinajstić information content (AvgIpc) is 3.24. The van der Waals surface area contributed by atoms with Gasteiger partial charge in [-0.3, -0.25) is 9.59 Å². The largest absolute Gasteiger partial charge is 0.481 e. The van der Waals surface area contributed by atoms with Gasteiger partial charge in [0.25, 0.3) is 0 Å². The Hall–Kier alpha value is -2.05. The molecule has 1 aromatic rings. The van der Waals surface area contributed by atoms with Crippen LogP contribution >= 0.6 is 0 Å². The molecule has 120 valence electrons. The van der Waals surface area contributed by atoms with Crippen molar-refractivity contribution in [2.45, 2.75) is 25.4 Å². The lowest BCUT2D eigenvalue weighted by Crippen LogP contribution is -2.32. The zero-order valence-corrected chi connectivity index (χ0v) is 11.9. The van der Waals surface area contributed by atoms with Crippen LogP contribution in [0.4, 0.5) is 13.2 Å². The van der Waals surface area contributed by atoms with Gasteiger partial charge in [-0.25, -0.2) is 0 Å². The molecule has 0 saturated heterocycles. The quantitative estimate of drug-likeness (QED) is 0.878. The van der Waals surface area contributed by atoms with Crippen molar-refractivity contribution >= 4 is 11.9 Å². The average molecular weight is 315 g/mol. The summed E-state index contributed by atoms with van der Waals surface area (Å²) in [6.45, 7) is 1.53. The van der Waals surface area contributed by atoms with Gasteiger partial charge in [0.2, 0.25) is 5.91 Å². The van der Waals surface area contributed by atoms with Crippen LogP contribution in [0.1, 0.15) is 30.4 Å².